The summed E-state index contributed by atoms with van der Waals surface area (Å²) in [6, 6.07) is 2.85. The summed E-state index contributed by atoms with van der Waals surface area (Å²) in [4.78, 5) is 14.3. The maximum Gasteiger partial charge on any atom is 0.316 e. The van der Waals surface area contributed by atoms with Crippen molar-refractivity contribution in [2.45, 2.75) is 0 Å². The van der Waals surface area contributed by atoms with Crippen LogP contribution in [0.4, 0.5) is 5.69 Å². The molecule has 2 heterocycles. The molecule has 0 radical (unpaired) electrons. The lowest BCUT2D eigenvalue weighted by molar-refractivity contribution is 0.0997. The minimum absolute atomic E-state index is 0.116. The van der Waals surface area contributed by atoms with Gasteiger partial charge in [-0.25, -0.2) is 4.98 Å². The predicted molar refractivity (Wildman–Crippen MR) is 34.7 cm³/mol. The summed E-state index contributed by atoms with van der Waals surface area (Å²) in [5.41, 5.74) is 0.526. The highest BCUT2D eigenvalue weighted by molar-refractivity contribution is 5.99. The van der Waals surface area contributed by atoms with Crippen LogP contribution in [0.25, 0.3) is 0 Å². The third-order valence-corrected chi connectivity index (χ3v) is 1.31. The van der Waals surface area contributed by atoms with Gasteiger partial charge < -0.3 is 5.11 Å². The number of pyridine rings is 1. The highest BCUT2D eigenvalue weighted by atomic mass is 16.3. The van der Waals surface area contributed by atoms with Gasteiger partial charge in [-0.05, 0) is 6.07 Å². The lowest BCUT2D eigenvalue weighted by Crippen LogP contribution is -1.92. The Hall–Kier alpha value is -1.78. The minimum Gasteiger partial charge on any atom is -0.493 e. The molecule has 0 fully saturated rings. The second-order valence-electron chi connectivity index (χ2n) is 2.04. The zero-order chi connectivity index (χ0) is 7.84. The smallest absolute Gasteiger partial charge is 0.316 e. The fourth-order valence-electron chi connectivity index (χ4n) is 0.826. The van der Waals surface area contributed by atoms with Crippen LogP contribution in [0.2, 0.25) is 0 Å². The van der Waals surface area contributed by atoms with Crippen molar-refractivity contribution in [2.24, 2.45) is 10.2 Å². The second kappa shape index (κ2) is 1.85. The van der Waals surface area contributed by atoms with Gasteiger partial charge in [-0.3, -0.25) is 4.79 Å². The molecule has 0 saturated heterocycles. The zero-order valence-electron chi connectivity index (χ0n) is 5.35. The first-order valence-electron chi connectivity index (χ1n) is 2.93. The standard InChI is InChI=1S/C6H3N3O2/c10-4-2-1-3-5(7-4)6(11)9-8-3/h1-2H,(H,7,10). The van der Waals surface area contributed by atoms with E-state index in [1.54, 1.807) is 0 Å². The van der Waals surface area contributed by atoms with Crippen LogP contribution in [0.1, 0.15) is 10.5 Å². The number of nitrogens with zero attached hydrogens (tertiary/aromatic N) is 3. The summed E-state index contributed by atoms with van der Waals surface area (Å²) in [6.45, 7) is 0. The van der Waals surface area contributed by atoms with Crippen LogP contribution in [-0.2, 0) is 0 Å². The van der Waals surface area contributed by atoms with Crippen molar-refractivity contribution in [3.63, 3.8) is 0 Å². The molecule has 1 N–H and O–H groups in total. The van der Waals surface area contributed by atoms with Crippen molar-refractivity contribution in [1.82, 2.24) is 4.98 Å². The van der Waals surface area contributed by atoms with Crippen LogP contribution in [-0.4, -0.2) is 16.0 Å². The highest BCUT2D eigenvalue weighted by Gasteiger charge is 2.18. The van der Waals surface area contributed by atoms with Crippen LogP contribution in [0.3, 0.4) is 0 Å². The molecule has 1 amide bonds. The molecule has 0 aliphatic carbocycles. The van der Waals surface area contributed by atoms with Gasteiger partial charge in [0.2, 0.25) is 5.88 Å². The van der Waals surface area contributed by atoms with Crippen molar-refractivity contribution in [2.75, 3.05) is 0 Å². The molecule has 1 aliphatic heterocycles. The molecular formula is C6H3N3O2. The molecule has 0 unspecified atom stereocenters. The van der Waals surface area contributed by atoms with Gasteiger partial charge in [0.05, 0.1) is 0 Å². The van der Waals surface area contributed by atoms with Gasteiger partial charge >= 0.3 is 5.91 Å². The van der Waals surface area contributed by atoms with Crippen molar-refractivity contribution >= 4 is 11.6 Å². The van der Waals surface area contributed by atoms with Crippen LogP contribution in [0, 0.1) is 0 Å². The van der Waals surface area contributed by atoms with E-state index in [2.05, 4.69) is 15.2 Å². The Bertz CT molecular complexity index is 359. The van der Waals surface area contributed by atoms with E-state index in [0.29, 0.717) is 5.69 Å². The van der Waals surface area contributed by atoms with E-state index in [9.17, 15) is 4.79 Å². The van der Waals surface area contributed by atoms with Crippen molar-refractivity contribution in [3.8, 4) is 5.88 Å². The Labute approximate surface area is 61.4 Å². The molecule has 54 valence electrons. The summed E-state index contributed by atoms with van der Waals surface area (Å²) in [5, 5.41) is 15.6. The molecule has 0 atom stereocenters. The summed E-state index contributed by atoms with van der Waals surface area (Å²) in [5.74, 6) is -0.694. The topological polar surface area (TPSA) is 74.9 Å². The molecular weight excluding hydrogens is 146 g/mol. The SMILES string of the molecule is O=C1N=Nc2ccc(O)nc21. The van der Waals surface area contributed by atoms with Gasteiger partial charge in [0.25, 0.3) is 0 Å². The summed E-state index contributed by atoms with van der Waals surface area (Å²) in [6.07, 6.45) is 0. The van der Waals surface area contributed by atoms with E-state index in [1.165, 1.54) is 12.1 Å². The van der Waals surface area contributed by atoms with Crippen molar-refractivity contribution in [1.29, 1.82) is 0 Å². The van der Waals surface area contributed by atoms with Crippen molar-refractivity contribution in [3.05, 3.63) is 17.8 Å². The molecule has 0 spiro atoms. The van der Waals surface area contributed by atoms with Gasteiger partial charge in [0.15, 0.2) is 5.69 Å². The number of carbonyl (C=O) groups excluding carboxylic acids is 1. The van der Waals surface area contributed by atoms with Crippen LogP contribution in [0.5, 0.6) is 5.88 Å². The third-order valence-electron chi connectivity index (χ3n) is 1.31. The molecule has 0 aromatic carbocycles. The number of amides is 1. The van der Waals surface area contributed by atoms with E-state index in [0.717, 1.165) is 0 Å². The number of aromatic hydroxyl groups is 1. The lowest BCUT2D eigenvalue weighted by Gasteiger charge is -1.91. The van der Waals surface area contributed by atoms with Gasteiger partial charge in [-0.1, -0.05) is 0 Å². The molecule has 11 heavy (non-hydrogen) atoms. The Morgan fingerprint density at radius 1 is 1.27 bits per heavy atom. The van der Waals surface area contributed by atoms with Gasteiger partial charge in [-0.15, -0.1) is 10.2 Å². The molecule has 1 aliphatic rings. The maximum absolute atomic E-state index is 10.8. The number of carbonyl (C=O) groups is 1. The molecule has 0 saturated carbocycles. The molecule has 0 bridgehead atoms. The van der Waals surface area contributed by atoms with E-state index >= 15 is 0 Å². The Morgan fingerprint density at radius 2 is 2.09 bits per heavy atom. The van der Waals surface area contributed by atoms with E-state index in [4.69, 9.17) is 5.11 Å². The largest absolute Gasteiger partial charge is 0.493 e. The summed E-state index contributed by atoms with van der Waals surface area (Å²) < 4.78 is 0. The van der Waals surface area contributed by atoms with Crippen LogP contribution < -0.4 is 0 Å². The van der Waals surface area contributed by atoms with E-state index in [1.807, 2.05) is 0 Å². The Morgan fingerprint density at radius 3 is 2.91 bits per heavy atom. The Balaban J connectivity index is 2.67. The first-order chi connectivity index (χ1) is 5.27. The molecule has 2 rings (SSSR count). The molecule has 5 nitrogen and oxygen atoms in total. The number of aromatic nitrogens is 1. The van der Waals surface area contributed by atoms with E-state index in [-0.39, 0.29) is 11.6 Å². The molecule has 5 heteroatoms. The summed E-state index contributed by atoms with van der Waals surface area (Å²) in [7, 11) is 0. The number of fused-ring (bicyclic) bond motifs is 1. The second-order valence-corrected chi connectivity index (χ2v) is 2.04. The first-order valence-corrected chi connectivity index (χ1v) is 2.93. The average molecular weight is 149 g/mol. The van der Waals surface area contributed by atoms with Gasteiger partial charge in [-0.2, -0.15) is 0 Å². The fraction of sp³-hybridized carbons (Fsp3) is 0. The number of hydrogen-bond acceptors (Lipinski definition) is 4. The number of azo groups is 1. The van der Waals surface area contributed by atoms with Crippen molar-refractivity contribution < 1.29 is 9.90 Å². The summed E-state index contributed by atoms with van der Waals surface area (Å²) >= 11 is 0. The quantitative estimate of drug-likeness (QED) is 0.598. The molecule has 1 aromatic heterocycles. The normalized spacial score (nSPS) is 13.6. The maximum atomic E-state index is 10.8. The van der Waals surface area contributed by atoms with Gasteiger partial charge in [0, 0.05) is 6.07 Å². The Kier molecular flexibility index (Phi) is 1.00. The minimum atomic E-state index is -0.504. The monoisotopic (exact) mass is 149 g/mol. The average Bonchev–Trinajstić information content (AvgIpc) is 2.33. The first kappa shape index (κ1) is 5.96. The number of rotatable bonds is 0. The van der Waals surface area contributed by atoms with Gasteiger partial charge in [0.1, 0.15) is 5.69 Å². The predicted octanol–water partition coefficient (Wildman–Crippen LogP) is 1.02. The molecule has 1 aromatic rings. The van der Waals surface area contributed by atoms with Crippen LogP contribution >= 0.6 is 0 Å². The lowest BCUT2D eigenvalue weighted by atomic mass is 10.3. The fourth-order valence-corrected chi connectivity index (χ4v) is 0.826. The zero-order valence-corrected chi connectivity index (χ0v) is 5.35. The highest BCUT2D eigenvalue weighted by Crippen LogP contribution is 2.26. The van der Waals surface area contributed by atoms with Crippen LogP contribution in [0.15, 0.2) is 22.4 Å². The van der Waals surface area contributed by atoms with E-state index < -0.39 is 5.91 Å². The third kappa shape index (κ3) is 0.778. The number of hydrogen-bond donors (Lipinski definition) is 1.